The van der Waals surface area contributed by atoms with Crippen molar-refractivity contribution in [1.29, 1.82) is 0 Å². The zero-order chi connectivity index (χ0) is 23.7. The van der Waals surface area contributed by atoms with Gasteiger partial charge in [-0.1, -0.05) is 32.1 Å². The second-order valence-electron chi connectivity index (χ2n) is 9.65. The maximum absolute atomic E-state index is 6.08. The average molecular weight is 446 g/mol. The number of piperazine rings is 1. The van der Waals surface area contributed by atoms with Gasteiger partial charge in [-0.3, -0.25) is 0 Å². The summed E-state index contributed by atoms with van der Waals surface area (Å²) in [6.07, 6.45) is 4.22. The van der Waals surface area contributed by atoms with Crippen LogP contribution in [0.1, 0.15) is 43.9 Å². The van der Waals surface area contributed by atoms with E-state index in [1.165, 1.54) is 33.5 Å². The zero-order valence-corrected chi connectivity index (χ0v) is 20.9. The molecule has 0 amide bonds. The molecule has 3 aromatic rings. The Labute approximate surface area is 198 Å². The lowest BCUT2D eigenvalue weighted by Gasteiger charge is -2.37. The topological polar surface area (TPSA) is 51.5 Å². The Kier molecular flexibility index (Phi) is 6.71. The van der Waals surface area contributed by atoms with Crippen molar-refractivity contribution in [3.05, 3.63) is 53.6 Å². The number of benzene rings is 2. The highest BCUT2D eigenvalue weighted by Gasteiger charge is 2.24. The van der Waals surface area contributed by atoms with Crippen molar-refractivity contribution in [1.82, 2.24) is 9.88 Å². The molecular weight excluding hydrogens is 406 g/mol. The molecule has 4 rings (SSSR count). The Hall–Kier alpha value is -2.92. The van der Waals surface area contributed by atoms with E-state index in [9.17, 15) is 0 Å². The minimum atomic E-state index is 0.269. The summed E-state index contributed by atoms with van der Waals surface area (Å²) in [5.41, 5.74) is 14.4. The molecule has 1 aromatic heterocycles. The summed E-state index contributed by atoms with van der Waals surface area (Å²) >= 11 is 0. The molecule has 0 atom stereocenters. The third-order valence-electron chi connectivity index (χ3n) is 6.88. The maximum atomic E-state index is 6.08. The molecule has 1 aliphatic rings. The first kappa shape index (κ1) is 23.2. The predicted molar refractivity (Wildman–Crippen MR) is 145 cm³/mol. The van der Waals surface area contributed by atoms with Gasteiger partial charge in [0.15, 0.2) is 0 Å². The number of nitrogens with two attached hydrogens (primary N) is 1. The highest BCUT2D eigenvalue weighted by atomic mass is 15.3. The maximum Gasteiger partial charge on any atom is 0.114 e. The van der Waals surface area contributed by atoms with E-state index in [4.69, 9.17) is 5.73 Å². The Balaban J connectivity index is 1.88. The molecule has 176 valence electrons. The number of fused-ring (bicyclic) bond motifs is 1. The molecule has 1 fully saturated rings. The van der Waals surface area contributed by atoms with Crippen LogP contribution >= 0.6 is 0 Å². The summed E-state index contributed by atoms with van der Waals surface area (Å²) in [4.78, 5) is 11.1. The van der Waals surface area contributed by atoms with Crippen molar-refractivity contribution in [2.24, 2.45) is 0 Å². The van der Waals surface area contributed by atoms with Crippen LogP contribution in [-0.4, -0.2) is 49.2 Å². The van der Waals surface area contributed by atoms with Crippen molar-refractivity contribution in [2.75, 3.05) is 48.8 Å². The van der Waals surface area contributed by atoms with E-state index in [-0.39, 0.29) is 6.04 Å². The lowest BCUT2D eigenvalue weighted by molar-refractivity contribution is 0.312. The molecule has 0 radical (unpaired) electrons. The Morgan fingerprint density at radius 3 is 2.52 bits per heavy atom. The quantitative estimate of drug-likeness (QED) is 0.441. The van der Waals surface area contributed by atoms with Gasteiger partial charge in [-0.2, -0.15) is 0 Å². The fraction of sp³-hybridized carbons (Fsp3) is 0.429. The van der Waals surface area contributed by atoms with Crippen LogP contribution in [-0.2, 0) is 6.42 Å². The smallest absolute Gasteiger partial charge is 0.114 e. The summed E-state index contributed by atoms with van der Waals surface area (Å²) in [7, 11) is 2.21. The minimum Gasteiger partial charge on any atom is -0.399 e. The molecule has 0 unspecified atom stereocenters. The first-order valence-electron chi connectivity index (χ1n) is 12.2. The van der Waals surface area contributed by atoms with Crippen LogP contribution in [0.4, 0.5) is 22.9 Å². The van der Waals surface area contributed by atoms with Gasteiger partial charge in [0.1, 0.15) is 5.82 Å². The Morgan fingerprint density at radius 2 is 1.88 bits per heavy atom. The number of anilines is 4. The third-order valence-corrected chi connectivity index (χ3v) is 6.88. The molecule has 0 saturated carbocycles. The second-order valence-corrected chi connectivity index (χ2v) is 9.65. The van der Waals surface area contributed by atoms with Gasteiger partial charge in [0.05, 0.1) is 5.69 Å². The standard InChI is InChI=1S/C28H39N5/c1-7-9-22-16-21(8-2)27(18-26(22)32-14-12-31(6)13-15-32)33(19(3)4)28-20(5)24-11-10-23(29)17-25(24)30-28/h8,10-11,16-19,30H,2,7,9,12-15,29H2,1,3-6H3. The number of aromatic amines is 1. The average Bonchev–Trinajstić information content (AvgIpc) is 3.10. The number of hydrogen-bond acceptors (Lipinski definition) is 4. The normalized spacial score (nSPS) is 14.9. The second kappa shape index (κ2) is 9.52. The van der Waals surface area contributed by atoms with E-state index < -0.39 is 0 Å². The molecule has 3 N–H and O–H groups in total. The largest absolute Gasteiger partial charge is 0.399 e. The molecule has 1 saturated heterocycles. The van der Waals surface area contributed by atoms with E-state index in [0.29, 0.717) is 0 Å². The first-order valence-corrected chi connectivity index (χ1v) is 12.2. The Morgan fingerprint density at radius 1 is 1.15 bits per heavy atom. The first-order chi connectivity index (χ1) is 15.8. The summed E-state index contributed by atoms with van der Waals surface area (Å²) < 4.78 is 0. The van der Waals surface area contributed by atoms with E-state index in [1.54, 1.807) is 0 Å². The molecule has 1 aliphatic heterocycles. The van der Waals surface area contributed by atoms with Crippen LogP contribution in [0.15, 0.2) is 36.9 Å². The molecule has 0 spiro atoms. The number of aryl methyl sites for hydroxylation is 2. The Bertz CT molecular complexity index is 1130. The number of rotatable bonds is 7. The van der Waals surface area contributed by atoms with Gasteiger partial charge in [0.2, 0.25) is 0 Å². The van der Waals surface area contributed by atoms with Crippen molar-refractivity contribution in [3.63, 3.8) is 0 Å². The van der Waals surface area contributed by atoms with Gasteiger partial charge in [-0.15, -0.1) is 0 Å². The van der Waals surface area contributed by atoms with Crippen molar-refractivity contribution >= 4 is 39.9 Å². The number of H-pyrrole nitrogens is 1. The third kappa shape index (κ3) is 4.47. The molecule has 33 heavy (non-hydrogen) atoms. The van der Waals surface area contributed by atoms with Crippen molar-refractivity contribution < 1.29 is 0 Å². The van der Waals surface area contributed by atoms with Crippen molar-refractivity contribution in [2.45, 2.75) is 46.6 Å². The number of likely N-dealkylation sites (N-methyl/N-ethyl adjacent to an activating group) is 1. The van der Waals surface area contributed by atoms with Crippen LogP contribution in [0.25, 0.3) is 17.0 Å². The van der Waals surface area contributed by atoms with E-state index >= 15 is 0 Å². The lowest BCUT2D eigenvalue weighted by atomic mass is 9.99. The van der Waals surface area contributed by atoms with Crippen molar-refractivity contribution in [3.8, 4) is 0 Å². The van der Waals surface area contributed by atoms with Gasteiger partial charge < -0.3 is 25.4 Å². The fourth-order valence-electron chi connectivity index (χ4n) is 5.06. The number of hydrogen-bond donors (Lipinski definition) is 2. The van der Waals surface area contributed by atoms with Crippen LogP contribution in [0.2, 0.25) is 0 Å². The van der Waals surface area contributed by atoms with Gasteiger partial charge in [-0.25, -0.2) is 0 Å². The highest BCUT2D eigenvalue weighted by molar-refractivity contribution is 5.93. The van der Waals surface area contributed by atoms with E-state index in [0.717, 1.165) is 56.0 Å². The van der Waals surface area contributed by atoms with Gasteiger partial charge >= 0.3 is 0 Å². The van der Waals surface area contributed by atoms with Crippen LogP contribution in [0, 0.1) is 6.92 Å². The number of nitrogens with one attached hydrogen (secondary N) is 1. The molecule has 5 nitrogen and oxygen atoms in total. The van der Waals surface area contributed by atoms with Gasteiger partial charge in [0, 0.05) is 54.5 Å². The fourth-order valence-corrected chi connectivity index (χ4v) is 5.06. The highest BCUT2D eigenvalue weighted by Crippen LogP contribution is 2.40. The summed E-state index contributed by atoms with van der Waals surface area (Å²) in [5, 5.41) is 1.21. The van der Waals surface area contributed by atoms with E-state index in [1.807, 2.05) is 18.2 Å². The van der Waals surface area contributed by atoms with Gasteiger partial charge in [-0.05, 0) is 75.2 Å². The monoisotopic (exact) mass is 445 g/mol. The minimum absolute atomic E-state index is 0.269. The molecule has 0 aliphatic carbocycles. The van der Waals surface area contributed by atoms with Crippen LogP contribution in [0.3, 0.4) is 0 Å². The zero-order valence-electron chi connectivity index (χ0n) is 20.9. The summed E-state index contributed by atoms with van der Waals surface area (Å²) in [5.74, 6) is 1.13. The summed E-state index contributed by atoms with van der Waals surface area (Å²) in [6, 6.07) is 11.2. The molecule has 5 heteroatoms. The SMILES string of the molecule is C=Cc1cc(CCC)c(N2CCN(C)CC2)cc1N(c1[nH]c2cc(N)ccc2c1C)C(C)C. The van der Waals surface area contributed by atoms with Crippen LogP contribution in [0.5, 0.6) is 0 Å². The molecule has 2 aromatic carbocycles. The van der Waals surface area contributed by atoms with Gasteiger partial charge in [0.25, 0.3) is 0 Å². The number of nitrogen functional groups attached to an aromatic ring is 1. The summed E-state index contributed by atoms with van der Waals surface area (Å²) in [6.45, 7) is 17.5. The molecule has 0 bridgehead atoms. The number of aromatic nitrogens is 1. The van der Waals surface area contributed by atoms with E-state index in [2.05, 4.69) is 79.2 Å². The predicted octanol–water partition coefficient (Wildman–Crippen LogP) is 5.95. The lowest BCUT2D eigenvalue weighted by Crippen LogP contribution is -2.45. The van der Waals surface area contributed by atoms with Crippen LogP contribution < -0.4 is 15.5 Å². The molecule has 2 heterocycles. The number of nitrogens with zero attached hydrogens (tertiary/aromatic N) is 3. The molecular formula is C28H39N5.